The highest BCUT2D eigenvalue weighted by Gasteiger charge is 2.09. The van der Waals surface area contributed by atoms with Gasteiger partial charge in [0.15, 0.2) is 5.96 Å². The number of hydrogen-bond acceptors (Lipinski definition) is 6. The molecule has 0 radical (unpaired) electrons. The van der Waals surface area contributed by atoms with Crippen LogP contribution in [0.5, 0.6) is 17.4 Å². The number of benzene rings is 1. The third-order valence-electron chi connectivity index (χ3n) is 4.51. The van der Waals surface area contributed by atoms with Crippen LogP contribution < -0.4 is 20.1 Å². The summed E-state index contributed by atoms with van der Waals surface area (Å²) < 4.78 is 11.6. The molecule has 7 nitrogen and oxygen atoms in total. The first-order valence-corrected chi connectivity index (χ1v) is 11.1. The Hall–Kier alpha value is -3.13. The van der Waals surface area contributed by atoms with Gasteiger partial charge in [-0.25, -0.2) is 9.97 Å². The Morgan fingerprint density at radius 1 is 1.06 bits per heavy atom. The Balaban J connectivity index is 1.58. The van der Waals surface area contributed by atoms with Crippen molar-refractivity contribution < 1.29 is 9.47 Å². The molecule has 1 aromatic carbocycles. The van der Waals surface area contributed by atoms with E-state index in [0.717, 1.165) is 28.4 Å². The smallest absolute Gasteiger partial charge is 0.224 e. The molecule has 2 N–H and O–H groups in total. The quantitative estimate of drug-likeness (QED) is 0.375. The van der Waals surface area contributed by atoms with Gasteiger partial charge in [-0.2, -0.15) is 0 Å². The van der Waals surface area contributed by atoms with Crippen LogP contribution >= 0.6 is 11.3 Å². The maximum Gasteiger partial charge on any atom is 0.224 e. The highest BCUT2D eigenvalue weighted by Crippen LogP contribution is 2.25. The summed E-state index contributed by atoms with van der Waals surface area (Å²) >= 11 is 1.69. The second-order valence-electron chi connectivity index (χ2n) is 6.92. The lowest BCUT2D eigenvalue weighted by molar-refractivity contribution is 0.317. The largest absolute Gasteiger partial charge is 0.494 e. The lowest BCUT2D eigenvalue weighted by atomic mass is 10.2. The van der Waals surface area contributed by atoms with E-state index in [2.05, 4.69) is 39.4 Å². The number of pyridine rings is 1. The number of nitrogens with one attached hydrogen (secondary N) is 2. The molecule has 0 unspecified atom stereocenters. The monoisotopic (exact) mass is 439 g/mol. The number of aromatic nitrogens is 2. The van der Waals surface area contributed by atoms with Gasteiger partial charge in [-0.05, 0) is 50.6 Å². The molecule has 8 heteroatoms. The number of hydrogen-bond donors (Lipinski definition) is 2. The minimum absolute atomic E-state index is 0.524. The Morgan fingerprint density at radius 2 is 1.81 bits per heavy atom. The Bertz CT molecular complexity index is 982. The summed E-state index contributed by atoms with van der Waals surface area (Å²) in [6, 6.07) is 11.4. The van der Waals surface area contributed by atoms with Crippen LogP contribution in [0.15, 0.2) is 47.6 Å². The molecular weight excluding hydrogens is 410 g/mol. The molecule has 3 aromatic rings. The molecule has 0 fully saturated rings. The van der Waals surface area contributed by atoms with Gasteiger partial charge in [-0.3, -0.25) is 4.99 Å². The second kappa shape index (κ2) is 11.3. The molecule has 0 amide bonds. The fraction of sp³-hybridized carbons (Fsp3) is 0.348. The first-order chi connectivity index (χ1) is 15.1. The average Bonchev–Trinajstić information content (AvgIpc) is 3.11. The van der Waals surface area contributed by atoms with Crippen LogP contribution in [0.25, 0.3) is 0 Å². The van der Waals surface area contributed by atoms with Crippen molar-refractivity contribution in [3.63, 3.8) is 0 Å². The van der Waals surface area contributed by atoms with Crippen LogP contribution in [0, 0.1) is 13.8 Å². The number of nitrogens with zero attached hydrogens (tertiary/aromatic N) is 3. The molecule has 0 spiro atoms. The highest BCUT2D eigenvalue weighted by molar-refractivity contribution is 7.11. The van der Waals surface area contributed by atoms with Gasteiger partial charge in [0.05, 0.1) is 18.8 Å². The van der Waals surface area contributed by atoms with Crippen molar-refractivity contribution >= 4 is 17.3 Å². The maximum absolute atomic E-state index is 6.00. The van der Waals surface area contributed by atoms with Crippen LogP contribution in [-0.4, -0.2) is 29.6 Å². The topological polar surface area (TPSA) is 80.7 Å². The van der Waals surface area contributed by atoms with Gasteiger partial charge in [-0.1, -0.05) is 13.0 Å². The zero-order valence-electron chi connectivity index (χ0n) is 18.4. The molecule has 0 saturated carbocycles. The van der Waals surface area contributed by atoms with Gasteiger partial charge < -0.3 is 20.1 Å². The third-order valence-corrected chi connectivity index (χ3v) is 5.58. The van der Waals surface area contributed by atoms with Gasteiger partial charge in [0.2, 0.25) is 5.88 Å². The Kier molecular flexibility index (Phi) is 8.23. The van der Waals surface area contributed by atoms with Crippen molar-refractivity contribution in [3.05, 3.63) is 63.7 Å². The molecule has 2 aromatic heterocycles. The summed E-state index contributed by atoms with van der Waals surface area (Å²) in [5.41, 5.74) is 2.00. The summed E-state index contributed by atoms with van der Waals surface area (Å²) in [6.45, 7) is 8.04. The maximum atomic E-state index is 6.00. The van der Waals surface area contributed by atoms with E-state index in [9.17, 15) is 0 Å². The predicted octanol–water partition coefficient (Wildman–Crippen LogP) is 4.60. The SMILES string of the molecule is CCCOc1ccc(Oc2ncccc2CNC(=NC)NCc2nc(C)c(C)s2)cc1. The molecule has 0 atom stereocenters. The van der Waals surface area contributed by atoms with E-state index in [1.165, 1.54) is 4.88 Å². The third kappa shape index (κ3) is 6.68. The second-order valence-corrected chi connectivity index (χ2v) is 8.21. The molecular formula is C23H29N5O2S. The molecule has 0 aliphatic heterocycles. The molecule has 0 saturated heterocycles. The minimum Gasteiger partial charge on any atom is -0.494 e. The van der Waals surface area contributed by atoms with Crippen LogP contribution in [0.4, 0.5) is 0 Å². The van der Waals surface area contributed by atoms with E-state index in [1.807, 2.05) is 43.3 Å². The number of ether oxygens (including phenoxy) is 2. The van der Waals surface area contributed by atoms with Crippen LogP contribution in [-0.2, 0) is 13.1 Å². The average molecular weight is 440 g/mol. The van der Waals surface area contributed by atoms with E-state index in [4.69, 9.17) is 9.47 Å². The van der Waals surface area contributed by atoms with Crippen LogP contribution in [0.2, 0.25) is 0 Å². The van der Waals surface area contributed by atoms with Crippen molar-refractivity contribution in [2.75, 3.05) is 13.7 Å². The van der Waals surface area contributed by atoms with Crippen molar-refractivity contribution in [1.29, 1.82) is 0 Å². The molecule has 2 heterocycles. The predicted molar refractivity (Wildman–Crippen MR) is 125 cm³/mol. The number of thiazole rings is 1. The van der Waals surface area contributed by atoms with Gasteiger partial charge >= 0.3 is 0 Å². The van der Waals surface area contributed by atoms with Gasteiger partial charge in [0.25, 0.3) is 0 Å². The number of aryl methyl sites for hydroxylation is 2. The molecule has 0 aliphatic rings. The van der Waals surface area contributed by atoms with Gasteiger partial charge in [0, 0.05) is 30.2 Å². The van der Waals surface area contributed by atoms with E-state index >= 15 is 0 Å². The lowest BCUT2D eigenvalue weighted by Gasteiger charge is -2.14. The lowest BCUT2D eigenvalue weighted by Crippen LogP contribution is -2.36. The summed E-state index contributed by atoms with van der Waals surface area (Å²) in [4.78, 5) is 14.5. The normalized spacial score (nSPS) is 11.3. The first-order valence-electron chi connectivity index (χ1n) is 10.3. The highest BCUT2D eigenvalue weighted by atomic mass is 32.1. The molecule has 0 aliphatic carbocycles. The molecule has 164 valence electrons. The van der Waals surface area contributed by atoms with Gasteiger partial charge in [-0.15, -0.1) is 11.3 Å². The van der Waals surface area contributed by atoms with Crippen LogP contribution in [0.1, 0.15) is 34.5 Å². The molecule has 0 bridgehead atoms. The van der Waals surface area contributed by atoms with E-state index in [1.54, 1.807) is 24.6 Å². The van der Waals surface area contributed by atoms with E-state index < -0.39 is 0 Å². The van der Waals surface area contributed by atoms with Crippen molar-refractivity contribution in [2.45, 2.75) is 40.3 Å². The number of guanidine groups is 1. The minimum atomic E-state index is 0.524. The number of aliphatic imine (C=N–C) groups is 1. The van der Waals surface area contributed by atoms with Crippen molar-refractivity contribution in [3.8, 4) is 17.4 Å². The van der Waals surface area contributed by atoms with Crippen molar-refractivity contribution in [2.24, 2.45) is 4.99 Å². The van der Waals surface area contributed by atoms with E-state index in [0.29, 0.717) is 37.3 Å². The van der Waals surface area contributed by atoms with Gasteiger partial charge in [0.1, 0.15) is 16.5 Å². The fourth-order valence-electron chi connectivity index (χ4n) is 2.76. The summed E-state index contributed by atoms with van der Waals surface area (Å²) in [5.74, 6) is 2.79. The zero-order valence-corrected chi connectivity index (χ0v) is 19.3. The summed E-state index contributed by atoms with van der Waals surface area (Å²) in [5, 5.41) is 7.65. The molecule has 3 rings (SSSR count). The Morgan fingerprint density at radius 3 is 2.48 bits per heavy atom. The summed E-state index contributed by atoms with van der Waals surface area (Å²) in [7, 11) is 1.75. The van der Waals surface area contributed by atoms with Crippen molar-refractivity contribution in [1.82, 2.24) is 20.6 Å². The Labute approximate surface area is 187 Å². The molecule has 31 heavy (non-hydrogen) atoms. The van der Waals surface area contributed by atoms with E-state index in [-0.39, 0.29) is 0 Å². The zero-order chi connectivity index (χ0) is 22.1. The number of rotatable bonds is 9. The first kappa shape index (κ1) is 22.6. The van der Waals surface area contributed by atoms with Crippen LogP contribution in [0.3, 0.4) is 0 Å². The standard InChI is InChI=1S/C23H29N5O2S/c1-5-13-29-19-8-10-20(11-9-19)30-22-18(7-6-12-25-22)14-26-23(24-4)27-15-21-28-16(2)17(3)31-21/h6-12H,5,13-15H2,1-4H3,(H2,24,26,27). The summed E-state index contributed by atoms with van der Waals surface area (Å²) in [6.07, 6.45) is 2.70. The fourth-order valence-corrected chi connectivity index (χ4v) is 3.63.